The quantitative estimate of drug-likeness (QED) is 0.885. The van der Waals surface area contributed by atoms with E-state index in [4.69, 9.17) is 4.74 Å². The summed E-state index contributed by atoms with van der Waals surface area (Å²) in [6.07, 6.45) is 6.54. The summed E-state index contributed by atoms with van der Waals surface area (Å²) in [5.74, 6) is 0.863. The molecule has 1 atom stereocenters. The maximum absolute atomic E-state index is 9.73. The summed E-state index contributed by atoms with van der Waals surface area (Å²) in [6.45, 7) is 5.84. The molecule has 0 radical (unpaired) electrons. The second kappa shape index (κ2) is 7.21. The number of benzene rings is 1. The highest BCUT2D eigenvalue weighted by molar-refractivity contribution is 5.96. The number of nitrogens with one attached hydrogen (secondary N) is 1. The molecule has 2 aliphatic rings. The number of ether oxygens (including phenoxy) is 1. The molecule has 0 bridgehead atoms. The highest BCUT2D eigenvalue weighted by Gasteiger charge is 2.26. The van der Waals surface area contributed by atoms with Gasteiger partial charge < -0.3 is 9.84 Å². The molecule has 6 nitrogen and oxygen atoms in total. The van der Waals surface area contributed by atoms with Crippen LogP contribution in [0.2, 0.25) is 0 Å². The normalized spacial score (nSPS) is 22.2. The highest BCUT2D eigenvalue weighted by atomic mass is 16.5. The van der Waals surface area contributed by atoms with Crippen LogP contribution in [-0.4, -0.2) is 57.9 Å². The van der Waals surface area contributed by atoms with E-state index in [2.05, 4.69) is 32.2 Å². The highest BCUT2D eigenvalue weighted by Crippen LogP contribution is 2.32. The lowest BCUT2D eigenvalue weighted by Crippen LogP contribution is -2.42. The number of aromatic nitrogens is 2. The van der Waals surface area contributed by atoms with Crippen LogP contribution in [0.5, 0.6) is 5.75 Å². The molecule has 0 saturated carbocycles. The van der Waals surface area contributed by atoms with E-state index in [1.165, 1.54) is 5.57 Å². The van der Waals surface area contributed by atoms with Gasteiger partial charge in [0.2, 0.25) is 0 Å². The van der Waals surface area contributed by atoms with Crippen molar-refractivity contribution >= 4 is 22.7 Å². The Bertz CT molecular complexity index is 831. The van der Waals surface area contributed by atoms with Crippen LogP contribution in [0.1, 0.15) is 38.8 Å². The van der Waals surface area contributed by atoms with Gasteiger partial charge in [0.1, 0.15) is 11.9 Å². The lowest BCUT2D eigenvalue weighted by atomic mass is 9.99. The Morgan fingerprint density at radius 3 is 2.85 bits per heavy atom. The first-order chi connectivity index (χ1) is 12.6. The standard InChI is InChI=1S/C20H26N4O2/c1-13(2)26-16-3-4-18-17(12-16)20(23-22-18)14-5-8-21-19(11-14)24-9-6-15(25)7-10-24/h3-5,8,12-13,15,19,25H,6-7,9-11H2,1-2H3,(H,22,23). The molecule has 4 rings (SSSR count). The van der Waals surface area contributed by atoms with Crippen LogP contribution < -0.4 is 4.74 Å². The van der Waals surface area contributed by atoms with E-state index < -0.39 is 0 Å². The third-order valence-corrected chi connectivity index (χ3v) is 5.07. The van der Waals surface area contributed by atoms with E-state index in [9.17, 15) is 5.11 Å². The molecule has 138 valence electrons. The predicted octanol–water partition coefficient (Wildman–Crippen LogP) is 2.99. The number of piperidine rings is 1. The maximum atomic E-state index is 9.73. The lowest BCUT2D eigenvalue weighted by Gasteiger charge is -2.35. The average molecular weight is 354 g/mol. The number of aliphatic hydroxyl groups is 1. The van der Waals surface area contributed by atoms with Gasteiger partial charge in [-0.15, -0.1) is 0 Å². The van der Waals surface area contributed by atoms with E-state index in [0.29, 0.717) is 0 Å². The van der Waals surface area contributed by atoms with Crippen LogP contribution in [-0.2, 0) is 0 Å². The first-order valence-corrected chi connectivity index (χ1v) is 9.40. The average Bonchev–Trinajstić information content (AvgIpc) is 3.05. The SMILES string of the molecule is CC(C)Oc1ccc2[nH]nc(C3=CC=NC(N4CCC(O)CC4)C3)c2c1. The summed E-state index contributed by atoms with van der Waals surface area (Å²) in [5, 5.41) is 18.5. The minimum absolute atomic E-state index is 0.129. The molecule has 26 heavy (non-hydrogen) atoms. The summed E-state index contributed by atoms with van der Waals surface area (Å²) >= 11 is 0. The summed E-state index contributed by atoms with van der Waals surface area (Å²) in [4.78, 5) is 7.01. The third-order valence-electron chi connectivity index (χ3n) is 5.07. The Balaban J connectivity index is 1.57. The summed E-state index contributed by atoms with van der Waals surface area (Å²) < 4.78 is 5.84. The third kappa shape index (κ3) is 3.52. The van der Waals surface area contributed by atoms with Crippen LogP contribution in [0.3, 0.4) is 0 Å². The lowest BCUT2D eigenvalue weighted by molar-refractivity contribution is 0.0636. The minimum Gasteiger partial charge on any atom is -0.491 e. The number of allylic oxidation sites excluding steroid dienone is 1. The molecular formula is C20H26N4O2. The number of aliphatic imine (C=N–C) groups is 1. The van der Waals surface area contributed by atoms with Crippen LogP contribution in [0.25, 0.3) is 16.5 Å². The molecule has 1 fully saturated rings. The fourth-order valence-electron chi connectivity index (χ4n) is 3.72. The molecule has 1 aromatic heterocycles. The van der Waals surface area contributed by atoms with Gasteiger partial charge in [0.05, 0.1) is 23.4 Å². The van der Waals surface area contributed by atoms with Gasteiger partial charge in [-0.05, 0) is 56.5 Å². The van der Waals surface area contributed by atoms with Gasteiger partial charge in [-0.2, -0.15) is 5.10 Å². The fraction of sp³-hybridized carbons (Fsp3) is 0.500. The molecule has 1 saturated heterocycles. The summed E-state index contributed by atoms with van der Waals surface area (Å²) in [6, 6.07) is 6.06. The molecule has 2 aliphatic heterocycles. The Morgan fingerprint density at radius 2 is 2.08 bits per heavy atom. The van der Waals surface area contributed by atoms with E-state index >= 15 is 0 Å². The van der Waals surface area contributed by atoms with E-state index in [-0.39, 0.29) is 18.4 Å². The number of aromatic amines is 1. The number of fused-ring (bicyclic) bond motifs is 1. The predicted molar refractivity (Wildman–Crippen MR) is 104 cm³/mol. The molecule has 1 unspecified atom stereocenters. The number of H-pyrrole nitrogens is 1. The molecule has 6 heteroatoms. The van der Waals surface area contributed by atoms with Crippen molar-refractivity contribution in [1.29, 1.82) is 0 Å². The number of likely N-dealkylation sites (tertiary alicyclic amines) is 1. The van der Waals surface area contributed by atoms with Crippen LogP contribution >= 0.6 is 0 Å². The van der Waals surface area contributed by atoms with E-state index in [1.807, 2.05) is 32.2 Å². The zero-order valence-corrected chi connectivity index (χ0v) is 15.4. The molecule has 0 aliphatic carbocycles. The molecule has 2 aromatic rings. The van der Waals surface area contributed by atoms with E-state index in [1.54, 1.807) is 0 Å². The number of nitrogens with zero attached hydrogens (tertiary/aromatic N) is 3. The van der Waals surface area contributed by atoms with Gasteiger partial charge in [-0.3, -0.25) is 15.0 Å². The fourth-order valence-corrected chi connectivity index (χ4v) is 3.72. The second-order valence-corrected chi connectivity index (χ2v) is 7.39. The van der Waals surface area contributed by atoms with Crippen molar-refractivity contribution in [2.45, 2.75) is 51.5 Å². The molecule has 1 aromatic carbocycles. The Morgan fingerprint density at radius 1 is 1.27 bits per heavy atom. The largest absolute Gasteiger partial charge is 0.491 e. The van der Waals surface area contributed by atoms with Gasteiger partial charge in [0.15, 0.2) is 0 Å². The number of dihydropyridines is 1. The summed E-state index contributed by atoms with van der Waals surface area (Å²) in [7, 11) is 0. The van der Waals surface area contributed by atoms with Crippen molar-refractivity contribution < 1.29 is 9.84 Å². The zero-order chi connectivity index (χ0) is 18.1. The van der Waals surface area contributed by atoms with Crippen molar-refractivity contribution in [3.05, 3.63) is 30.0 Å². The number of hydrogen-bond donors (Lipinski definition) is 2. The molecule has 2 N–H and O–H groups in total. The zero-order valence-electron chi connectivity index (χ0n) is 15.4. The van der Waals surface area contributed by atoms with Crippen molar-refractivity contribution in [2.75, 3.05) is 13.1 Å². The van der Waals surface area contributed by atoms with Crippen molar-refractivity contribution in [1.82, 2.24) is 15.1 Å². The van der Waals surface area contributed by atoms with Crippen LogP contribution in [0.15, 0.2) is 29.3 Å². The van der Waals surface area contributed by atoms with Crippen molar-refractivity contribution in [3.8, 4) is 5.75 Å². The van der Waals surface area contributed by atoms with Gasteiger partial charge in [0, 0.05) is 31.1 Å². The Labute approximate surface area is 153 Å². The number of aliphatic hydroxyl groups excluding tert-OH is 1. The topological polar surface area (TPSA) is 73.7 Å². The van der Waals surface area contributed by atoms with Crippen molar-refractivity contribution in [2.24, 2.45) is 4.99 Å². The smallest absolute Gasteiger partial charge is 0.120 e. The van der Waals surface area contributed by atoms with Crippen molar-refractivity contribution in [3.63, 3.8) is 0 Å². The van der Waals surface area contributed by atoms with E-state index in [0.717, 1.165) is 54.7 Å². The first-order valence-electron chi connectivity index (χ1n) is 9.40. The summed E-state index contributed by atoms with van der Waals surface area (Å²) in [5.41, 5.74) is 3.17. The van der Waals surface area contributed by atoms with Gasteiger partial charge in [-0.1, -0.05) is 0 Å². The van der Waals surface area contributed by atoms with Crippen LogP contribution in [0, 0.1) is 0 Å². The number of rotatable bonds is 4. The number of hydrogen-bond acceptors (Lipinski definition) is 5. The molecular weight excluding hydrogens is 328 g/mol. The van der Waals surface area contributed by atoms with Crippen LogP contribution in [0.4, 0.5) is 0 Å². The Kier molecular flexibility index (Phi) is 4.78. The molecule has 3 heterocycles. The molecule has 0 spiro atoms. The minimum atomic E-state index is -0.163. The molecule has 0 amide bonds. The van der Waals surface area contributed by atoms with Gasteiger partial charge >= 0.3 is 0 Å². The van der Waals surface area contributed by atoms with Gasteiger partial charge in [-0.25, -0.2) is 0 Å². The van der Waals surface area contributed by atoms with Gasteiger partial charge in [0.25, 0.3) is 0 Å². The first kappa shape index (κ1) is 17.2. The monoisotopic (exact) mass is 354 g/mol. The Hall–Kier alpha value is -2.18. The maximum Gasteiger partial charge on any atom is 0.120 e. The second-order valence-electron chi connectivity index (χ2n) is 7.39.